The Labute approximate surface area is 90.4 Å². The first-order valence-corrected chi connectivity index (χ1v) is 5.18. The van der Waals surface area contributed by atoms with Crippen molar-refractivity contribution in [3.8, 4) is 0 Å². The second-order valence-corrected chi connectivity index (χ2v) is 4.35. The molecule has 2 rings (SSSR count). The molecule has 0 radical (unpaired) electrons. The predicted octanol–water partition coefficient (Wildman–Crippen LogP) is 3.90. The number of aromatic nitrogens is 1. The lowest BCUT2D eigenvalue weighted by atomic mass is 10.2. The first kappa shape index (κ1) is 9.10. The van der Waals surface area contributed by atoms with E-state index >= 15 is 0 Å². The van der Waals surface area contributed by atoms with Crippen LogP contribution in [0.4, 0.5) is 0 Å². The highest BCUT2D eigenvalue weighted by Gasteiger charge is 2.08. The molecule has 0 amide bonds. The molecule has 1 aromatic carbocycles. The van der Waals surface area contributed by atoms with E-state index in [0.717, 1.165) is 9.50 Å². The van der Waals surface area contributed by atoms with Crippen molar-refractivity contribution in [3.63, 3.8) is 0 Å². The smallest absolute Gasteiger partial charge is 0.0492 e. The molecule has 0 aliphatic heterocycles. The van der Waals surface area contributed by atoms with Gasteiger partial charge >= 0.3 is 0 Å². The Morgan fingerprint density at radius 2 is 2.08 bits per heavy atom. The Hall–Kier alpha value is -0.470. The summed E-state index contributed by atoms with van der Waals surface area (Å²) in [5.41, 5.74) is 2.42. The van der Waals surface area contributed by atoms with Gasteiger partial charge in [-0.15, -0.1) is 0 Å². The standard InChI is InChI=1S/C10H9BrClN/c1-6-10(11)8-5-7(12)3-4-9(8)13(6)2/h3-5H,1-2H3. The van der Waals surface area contributed by atoms with Gasteiger partial charge in [0.25, 0.3) is 0 Å². The Morgan fingerprint density at radius 1 is 1.38 bits per heavy atom. The van der Waals surface area contributed by atoms with Gasteiger partial charge in [-0.05, 0) is 41.1 Å². The summed E-state index contributed by atoms with van der Waals surface area (Å²) in [6.45, 7) is 2.08. The molecule has 0 saturated carbocycles. The molecular formula is C10H9BrClN. The van der Waals surface area contributed by atoms with E-state index in [1.54, 1.807) is 0 Å². The molecule has 0 fully saturated rings. The quantitative estimate of drug-likeness (QED) is 0.675. The largest absolute Gasteiger partial charge is 0.347 e. The molecule has 0 aliphatic rings. The van der Waals surface area contributed by atoms with Crippen LogP contribution in [0, 0.1) is 6.92 Å². The van der Waals surface area contributed by atoms with E-state index in [9.17, 15) is 0 Å². The maximum atomic E-state index is 5.92. The van der Waals surface area contributed by atoms with E-state index in [0.29, 0.717) is 0 Å². The summed E-state index contributed by atoms with van der Waals surface area (Å²) in [5.74, 6) is 0. The van der Waals surface area contributed by atoms with Crippen molar-refractivity contribution in [3.05, 3.63) is 33.4 Å². The topological polar surface area (TPSA) is 4.93 Å². The minimum Gasteiger partial charge on any atom is -0.347 e. The fourth-order valence-electron chi connectivity index (χ4n) is 1.50. The average molecular weight is 259 g/mol. The molecule has 0 atom stereocenters. The van der Waals surface area contributed by atoms with Crippen molar-refractivity contribution < 1.29 is 0 Å². The molecule has 0 unspecified atom stereocenters. The zero-order chi connectivity index (χ0) is 9.59. The predicted molar refractivity (Wildman–Crippen MR) is 60.4 cm³/mol. The van der Waals surface area contributed by atoms with E-state index in [4.69, 9.17) is 11.6 Å². The summed E-state index contributed by atoms with van der Waals surface area (Å²) < 4.78 is 3.28. The van der Waals surface area contributed by atoms with Crippen LogP contribution >= 0.6 is 27.5 Å². The van der Waals surface area contributed by atoms with Crippen LogP contribution in [-0.2, 0) is 7.05 Å². The van der Waals surface area contributed by atoms with Gasteiger partial charge in [-0.25, -0.2) is 0 Å². The van der Waals surface area contributed by atoms with Crippen LogP contribution in [0.15, 0.2) is 22.7 Å². The summed E-state index contributed by atoms with van der Waals surface area (Å²) in [7, 11) is 2.05. The highest BCUT2D eigenvalue weighted by atomic mass is 79.9. The number of hydrogen-bond acceptors (Lipinski definition) is 0. The summed E-state index contributed by atoms with van der Waals surface area (Å²) in [5, 5.41) is 1.95. The fraction of sp³-hybridized carbons (Fsp3) is 0.200. The monoisotopic (exact) mass is 257 g/mol. The first-order chi connectivity index (χ1) is 6.11. The van der Waals surface area contributed by atoms with Crippen LogP contribution in [-0.4, -0.2) is 4.57 Å². The fourth-order valence-corrected chi connectivity index (χ4v) is 2.26. The minimum absolute atomic E-state index is 0.777. The number of rotatable bonds is 0. The van der Waals surface area contributed by atoms with Crippen molar-refractivity contribution in [2.24, 2.45) is 7.05 Å². The molecule has 13 heavy (non-hydrogen) atoms. The number of aryl methyl sites for hydroxylation is 1. The second-order valence-electron chi connectivity index (χ2n) is 3.12. The third-order valence-corrected chi connectivity index (χ3v) is 3.61. The molecule has 1 nitrogen and oxygen atoms in total. The number of benzene rings is 1. The zero-order valence-corrected chi connectivity index (χ0v) is 9.78. The van der Waals surface area contributed by atoms with E-state index in [1.165, 1.54) is 16.6 Å². The van der Waals surface area contributed by atoms with Crippen LogP contribution in [0.2, 0.25) is 5.02 Å². The highest BCUT2D eigenvalue weighted by Crippen LogP contribution is 2.31. The van der Waals surface area contributed by atoms with E-state index in [1.807, 2.05) is 18.2 Å². The second kappa shape index (κ2) is 3.03. The lowest BCUT2D eigenvalue weighted by Crippen LogP contribution is -1.88. The molecule has 1 aromatic heterocycles. The molecule has 0 spiro atoms. The van der Waals surface area contributed by atoms with E-state index in [2.05, 4.69) is 34.5 Å². The first-order valence-electron chi connectivity index (χ1n) is 4.01. The third kappa shape index (κ3) is 1.29. The van der Waals surface area contributed by atoms with Gasteiger partial charge < -0.3 is 4.57 Å². The van der Waals surface area contributed by atoms with Crippen molar-refractivity contribution in [1.82, 2.24) is 4.57 Å². The van der Waals surface area contributed by atoms with Crippen LogP contribution in [0.25, 0.3) is 10.9 Å². The van der Waals surface area contributed by atoms with Gasteiger partial charge in [-0.1, -0.05) is 11.6 Å². The maximum absolute atomic E-state index is 5.92. The van der Waals surface area contributed by atoms with Crippen LogP contribution in [0.1, 0.15) is 5.69 Å². The Bertz CT molecular complexity index is 473. The number of hydrogen-bond donors (Lipinski definition) is 0. The minimum atomic E-state index is 0.777. The normalized spacial score (nSPS) is 11.1. The van der Waals surface area contributed by atoms with Gasteiger partial charge in [0, 0.05) is 33.1 Å². The molecule has 0 N–H and O–H groups in total. The van der Waals surface area contributed by atoms with Crippen LogP contribution in [0.5, 0.6) is 0 Å². The molecule has 0 bridgehead atoms. The van der Waals surface area contributed by atoms with Gasteiger partial charge in [-0.3, -0.25) is 0 Å². The molecule has 0 saturated heterocycles. The zero-order valence-electron chi connectivity index (χ0n) is 7.44. The van der Waals surface area contributed by atoms with Crippen molar-refractivity contribution in [2.75, 3.05) is 0 Å². The van der Waals surface area contributed by atoms with Gasteiger partial charge in [0.1, 0.15) is 0 Å². The summed E-state index contributed by atoms with van der Waals surface area (Å²) in [6.07, 6.45) is 0. The summed E-state index contributed by atoms with van der Waals surface area (Å²) >= 11 is 9.48. The van der Waals surface area contributed by atoms with Gasteiger partial charge in [0.2, 0.25) is 0 Å². The average Bonchev–Trinajstić information content (AvgIpc) is 2.32. The third-order valence-electron chi connectivity index (χ3n) is 2.38. The van der Waals surface area contributed by atoms with E-state index in [-0.39, 0.29) is 0 Å². The van der Waals surface area contributed by atoms with Crippen LogP contribution < -0.4 is 0 Å². The number of halogens is 2. The van der Waals surface area contributed by atoms with E-state index < -0.39 is 0 Å². The molecule has 3 heteroatoms. The van der Waals surface area contributed by atoms with Crippen LogP contribution in [0.3, 0.4) is 0 Å². The maximum Gasteiger partial charge on any atom is 0.0492 e. The lowest BCUT2D eigenvalue weighted by molar-refractivity contribution is 0.914. The molecule has 68 valence electrons. The lowest BCUT2D eigenvalue weighted by Gasteiger charge is -1.97. The van der Waals surface area contributed by atoms with Gasteiger partial charge in [-0.2, -0.15) is 0 Å². The Balaban J connectivity index is 2.95. The number of nitrogens with zero attached hydrogens (tertiary/aromatic N) is 1. The Kier molecular flexibility index (Phi) is 2.12. The molecule has 0 aliphatic carbocycles. The SMILES string of the molecule is Cc1c(Br)c2cc(Cl)ccc2n1C. The summed E-state index contributed by atoms with van der Waals surface area (Å²) in [4.78, 5) is 0. The van der Waals surface area contributed by atoms with Crippen molar-refractivity contribution >= 4 is 38.4 Å². The van der Waals surface area contributed by atoms with Crippen molar-refractivity contribution in [1.29, 1.82) is 0 Å². The highest BCUT2D eigenvalue weighted by molar-refractivity contribution is 9.10. The summed E-state index contributed by atoms with van der Waals surface area (Å²) in [6, 6.07) is 5.93. The number of fused-ring (bicyclic) bond motifs is 1. The molecular weight excluding hydrogens is 249 g/mol. The van der Waals surface area contributed by atoms with Gasteiger partial charge in [0.05, 0.1) is 0 Å². The van der Waals surface area contributed by atoms with Crippen molar-refractivity contribution in [2.45, 2.75) is 6.92 Å². The molecule has 1 heterocycles. The Morgan fingerprint density at radius 3 is 2.77 bits per heavy atom. The molecule has 2 aromatic rings. The van der Waals surface area contributed by atoms with Gasteiger partial charge in [0.15, 0.2) is 0 Å².